The number of hydrogen-bond acceptors (Lipinski definition) is 6. The van der Waals surface area contributed by atoms with Gasteiger partial charge in [-0.2, -0.15) is 0 Å². The third kappa shape index (κ3) is 11.3. The first kappa shape index (κ1) is 26.1. The Balaban J connectivity index is 1.51. The molecule has 0 aliphatic carbocycles. The standard InChI is InChI=1S/C21H22Br2N4O6/c22-14-4-8-16(9-5-14)32-12-20(30)26-24-18(28)2-1-3-19(29)25-27-21(31)13-33-17-10-6-15(23)7-11-17/h4-11H,1-3,12-13H2,(H,24,28)(H,25,29)(H,26,30)(H,27,31). The first-order valence-corrected chi connectivity index (χ1v) is 11.3. The summed E-state index contributed by atoms with van der Waals surface area (Å²) < 4.78 is 12.3. The van der Waals surface area contributed by atoms with E-state index >= 15 is 0 Å². The Morgan fingerprint density at radius 2 is 0.909 bits per heavy atom. The van der Waals surface area contributed by atoms with Crippen molar-refractivity contribution in [1.82, 2.24) is 21.7 Å². The van der Waals surface area contributed by atoms with Crippen molar-refractivity contribution in [3.05, 3.63) is 57.5 Å². The second kappa shape index (κ2) is 14.1. The van der Waals surface area contributed by atoms with E-state index in [1.807, 2.05) is 0 Å². The van der Waals surface area contributed by atoms with Crippen LogP contribution in [0.25, 0.3) is 0 Å². The quantitative estimate of drug-likeness (QED) is 0.316. The molecule has 0 atom stereocenters. The van der Waals surface area contributed by atoms with E-state index in [0.29, 0.717) is 11.5 Å². The molecule has 4 N–H and O–H groups in total. The molecule has 2 rings (SSSR count). The molecule has 33 heavy (non-hydrogen) atoms. The normalized spacial score (nSPS) is 10.0. The molecule has 0 spiro atoms. The molecule has 0 unspecified atom stereocenters. The minimum Gasteiger partial charge on any atom is -0.484 e. The highest BCUT2D eigenvalue weighted by Crippen LogP contribution is 2.16. The van der Waals surface area contributed by atoms with Crippen molar-refractivity contribution in [3.63, 3.8) is 0 Å². The number of hydrogen-bond donors (Lipinski definition) is 4. The maximum Gasteiger partial charge on any atom is 0.276 e. The van der Waals surface area contributed by atoms with Crippen molar-refractivity contribution in [1.29, 1.82) is 0 Å². The predicted molar refractivity (Wildman–Crippen MR) is 126 cm³/mol. The van der Waals surface area contributed by atoms with Crippen LogP contribution >= 0.6 is 31.9 Å². The molecule has 0 fully saturated rings. The predicted octanol–water partition coefficient (Wildman–Crippen LogP) is 2.13. The number of nitrogens with one attached hydrogen (secondary N) is 4. The first-order chi connectivity index (χ1) is 15.8. The van der Waals surface area contributed by atoms with Gasteiger partial charge < -0.3 is 9.47 Å². The number of ether oxygens (including phenoxy) is 2. The van der Waals surface area contributed by atoms with Crippen LogP contribution in [0.4, 0.5) is 0 Å². The van der Waals surface area contributed by atoms with E-state index in [1.165, 1.54) is 0 Å². The number of hydrazine groups is 2. The van der Waals surface area contributed by atoms with Gasteiger partial charge in [-0.15, -0.1) is 0 Å². The third-order valence-electron chi connectivity index (χ3n) is 3.86. The average Bonchev–Trinajstić information content (AvgIpc) is 2.80. The lowest BCUT2D eigenvalue weighted by Gasteiger charge is -2.10. The lowest BCUT2D eigenvalue weighted by atomic mass is 10.2. The Hall–Kier alpha value is -3.12. The van der Waals surface area contributed by atoms with Crippen LogP contribution in [0.3, 0.4) is 0 Å². The first-order valence-electron chi connectivity index (χ1n) is 9.74. The Morgan fingerprint density at radius 3 is 1.27 bits per heavy atom. The van der Waals surface area contributed by atoms with E-state index in [0.717, 1.165) is 8.95 Å². The highest BCUT2D eigenvalue weighted by Gasteiger charge is 2.09. The second-order valence-corrected chi connectivity index (χ2v) is 8.36. The third-order valence-corrected chi connectivity index (χ3v) is 4.91. The van der Waals surface area contributed by atoms with E-state index in [1.54, 1.807) is 48.5 Å². The lowest BCUT2D eigenvalue weighted by molar-refractivity contribution is -0.131. The van der Waals surface area contributed by atoms with Crippen LogP contribution in [0, 0.1) is 0 Å². The zero-order valence-electron chi connectivity index (χ0n) is 17.4. The van der Waals surface area contributed by atoms with Gasteiger partial charge in [-0.1, -0.05) is 31.9 Å². The molecular formula is C21H22Br2N4O6. The summed E-state index contributed by atoms with van der Waals surface area (Å²) in [5.41, 5.74) is 8.93. The van der Waals surface area contributed by atoms with Crippen molar-refractivity contribution in [2.45, 2.75) is 19.3 Å². The summed E-state index contributed by atoms with van der Waals surface area (Å²) in [6, 6.07) is 13.9. The molecule has 0 aliphatic heterocycles. The summed E-state index contributed by atoms with van der Waals surface area (Å²) >= 11 is 6.59. The van der Waals surface area contributed by atoms with Gasteiger partial charge in [-0.3, -0.25) is 40.9 Å². The van der Waals surface area contributed by atoms with Gasteiger partial charge in [-0.25, -0.2) is 0 Å². The minimum atomic E-state index is -0.530. The molecule has 0 saturated heterocycles. The summed E-state index contributed by atoms with van der Waals surface area (Å²) in [7, 11) is 0. The van der Waals surface area contributed by atoms with Crippen molar-refractivity contribution in [2.24, 2.45) is 0 Å². The van der Waals surface area contributed by atoms with E-state index in [9.17, 15) is 19.2 Å². The second-order valence-electron chi connectivity index (χ2n) is 6.53. The molecule has 0 saturated carbocycles. The Kier molecular flexibility index (Phi) is 11.2. The molecule has 0 radical (unpaired) electrons. The van der Waals surface area contributed by atoms with Crippen molar-refractivity contribution < 1.29 is 28.7 Å². The Morgan fingerprint density at radius 1 is 0.576 bits per heavy atom. The van der Waals surface area contributed by atoms with Crippen LogP contribution in [0.1, 0.15) is 19.3 Å². The van der Waals surface area contributed by atoms with Gasteiger partial charge in [0.2, 0.25) is 11.8 Å². The minimum absolute atomic E-state index is 0.00188. The fourth-order valence-electron chi connectivity index (χ4n) is 2.24. The van der Waals surface area contributed by atoms with Crippen LogP contribution in [0.5, 0.6) is 11.5 Å². The Labute approximate surface area is 207 Å². The summed E-state index contributed by atoms with van der Waals surface area (Å²) in [5, 5.41) is 0. The van der Waals surface area contributed by atoms with Crippen LogP contribution < -0.4 is 31.2 Å². The number of rotatable bonds is 10. The topological polar surface area (TPSA) is 135 Å². The summed E-state index contributed by atoms with van der Waals surface area (Å²) in [5.74, 6) is -0.970. The molecule has 12 heteroatoms. The van der Waals surface area contributed by atoms with Crippen molar-refractivity contribution in [3.8, 4) is 11.5 Å². The average molecular weight is 586 g/mol. The molecule has 0 aliphatic rings. The highest BCUT2D eigenvalue weighted by molar-refractivity contribution is 9.10. The van der Waals surface area contributed by atoms with Gasteiger partial charge in [-0.05, 0) is 55.0 Å². The molecule has 0 aromatic heterocycles. The molecule has 10 nitrogen and oxygen atoms in total. The molecule has 0 bridgehead atoms. The maximum atomic E-state index is 11.8. The summed E-state index contributed by atoms with van der Waals surface area (Å²) in [6.07, 6.45) is 0.220. The van der Waals surface area contributed by atoms with Gasteiger partial charge in [0.25, 0.3) is 11.8 Å². The molecular weight excluding hydrogens is 564 g/mol. The van der Waals surface area contributed by atoms with Crippen LogP contribution in [0.15, 0.2) is 57.5 Å². The lowest BCUT2D eigenvalue weighted by Crippen LogP contribution is -2.44. The molecule has 4 amide bonds. The Bertz CT molecular complexity index is 877. The smallest absolute Gasteiger partial charge is 0.276 e. The number of benzene rings is 2. The van der Waals surface area contributed by atoms with E-state index in [2.05, 4.69) is 53.6 Å². The van der Waals surface area contributed by atoms with Crippen molar-refractivity contribution in [2.75, 3.05) is 13.2 Å². The fraction of sp³-hybridized carbons (Fsp3) is 0.238. The van der Waals surface area contributed by atoms with Crippen molar-refractivity contribution >= 4 is 55.5 Å². The molecule has 0 heterocycles. The monoisotopic (exact) mass is 584 g/mol. The van der Waals surface area contributed by atoms with Crippen LogP contribution in [0.2, 0.25) is 0 Å². The largest absolute Gasteiger partial charge is 0.484 e. The zero-order valence-corrected chi connectivity index (χ0v) is 20.5. The zero-order chi connectivity index (χ0) is 24.1. The summed E-state index contributed by atoms with van der Waals surface area (Å²) in [6.45, 7) is -0.537. The van der Waals surface area contributed by atoms with E-state index in [4.69, 9.17) is 9.47 Å². The fourth-order valence-corrected chi connectivity index (χ4v) is 2.77. The van der Waals surface area contributed by atoms with Gasteiger partial charge in [0.15, 0.2) is 13.2 Å². The van der Waals surface area contributed by atoms with Gasteiger partial charge >= 0.3 is 0 Å². The number of carbonyl (C=O) groups is 4. The number of carbonyl (C=O) groups excluding carboxylic acids is 4. The van der Waals surface area contributed by atoms with Gasteiger partial charge in [0, 0.05) is 21.8 Å². The maximum absolute atomic E-state index is 11.8. The van der Waals surface area contributed by atoms with Crippen LogP contribution in [-0.2, 0) is 19.2 Å². The van der Waals surface area contributed by atoms with Crippen LogP contribution in [-0.4, -0.2) is 36.8 Å². The molecule has 176 valence electrons. The SMILES string of the molecule is O=C(CCCC(=O)NNC(=O)COc1ccc(Br)cc1)NNC(=O)COc1ccc(Br)cc1. The van der Waals surface area contributed by atoms with Gasteiger partial charge in [0.1, 0.15) is 11.5 Å². The van der Waals surface area contributed by atoms with Gasteiger partial charge in [0.05, 0.1) is 0 Å². The number of halogens is 2. The highest BCUT2D eigenvalue weighted by atomic mass is 79.9. The van der Waals surface area contributed by atoms with E-state index in [-0.39, 0.29) is 32.5 Å². The van der Waals surface area contributed by atoms with E-state index < -0.39 is 23.6 Å². The molecule has 2 aromatic rings. The number of amides is 4. The summed E-state index contributed by atoms with van der Waals surface area (Å²) in [4.78, 5) is 46.9. The molecule has 2 aromatic carbocycles.